The second kappa shape index (κ2) is 15.1. The Bertz CT molecular complexity index is 3700. The van der Waals surface area contributed by atoms with Gasteiger partial charge < -0.3 is 0 Å². The number of thiophene rings is 1. The van der Waals surface area contributed by atoms with Gasteiger partial charge in [-0.15, -0.1) is 23.1 Å². The number of hydrogen-bond donors (Lipinski definition) is 0. The van der Waals surface area contributed by atoms with E-state index < -0.39 is 0 Å². The molecule has 2 bridgehead atoms. The summed E-state index contributed by atoms with van der Waals surface area (Å²) in [5.74, 6) is 0.942. The van der Waals surface area contributed by atoms with Crippen LogP contribution in [0.25, 0.3) is 66.1 Å². The van der Waals surface area contributed by atoms with Gasteiger partial charge in [0.15, 0.2) is 0 Å². The monoisotopic (exact) mass is 968 g/mol. The number of hydrogen-bond acceptors (Lipinski definition) is 2. The van der Waals surface area contributed by atoms with Crippen molar-refractivity contribution in [3.8, 4) is 55.6 Å². The molecule has 2 heterocycles. The maximum absolute atomic E-state index is 2.64. The molecular formula is C70H64S2. The molecule has 0 N–H and O–H groups in total. The topological polar surface area (TPSA) is 0 Å². The predicted molar refractivity (Wildman–Crippen MR) is 309 cm³/mol. The van der Waals surface area contributed by atoms with E-state index in [0.29, 0.717) is 17.1 Å². The quantitative estimate of drug-likeness (QED) is 0.166. The van der Waals surface area contributed by atoms with E-state index in [1.54, 1.807) is 10.5 Å². The van der Waals surface area contributed by atoms with E-state index in [1.807, 2.05) is 0 Å². The van der Waals surface area contributed by atoms with Gasteiger partial charge in [-0.25, -0.2) is 0 Å². The van der Waals surface area contributed by atoms with Crippen molar-refractivity contribution in [3.63, 3.8) is 0 Å². The van der Waals surface area contributed by atoms with Crippen LogP contribution in [0, 0.1) is 11.8 Å². The average molecular weight is 969 g/mol. The van der Waals surface area contributed by atoms with Gasteiger partial charge in [0, 0.05) is 41.6 Å². The minimum atomic E-state index is -0.0911. The van der Waals surface area contributed by atoms with Gasteiger partial charge in [0.1, 0.15) is 0 Å². The Balaban J connectivity index is 0.734. The first kappa shape index (κ1) is 44.7. The summed E-state index contributed by atoms with van der Waals surface area (Å²) >= 11 is 4.17. The second-order valence-corrected chi connectivity index (χ2v) is 27.0. The van der Waals surface area contributed by atoms with E-state index in [9.17, 15) is 0 Å². The number of fused-ring (bicyclic) bond motifs is 13. The molecule has 14 rings (SSSR count). The van der Waals surface area contributed by atoms with E-state index in [2.05, 4.69) is 256 Å². The molecule has 0 saturated heterocycles. The van der Waals surface area contributed by atoms with Crippen molar-refractivity contribution in [3.05, 3.63) is 224 Å². The maximum atomic E-state index is 2.64. The summed E-state index contributed by atoms with van der Waals surface area (Å²) in [6.45, 7) is 24.8. The molecule has 1 aromatic heterocycles. The summed E-state index contributed by atoms with van der Waals surface area (Å²) in [6.07, 6.45) is 7.41. The molecule has 72 heavy (non-hydrogen) atoms. The van der Waals surface area contributed by atoms with Gasteiger partial charge >= 0.3 is 0 Å². The normalized spacial score (nSPS) is 23.5. The summed E-state index contributed by atoms with van der Waals surface area (Å²) in [4.78, 5) is 4.43. The first-order chi connectivity index (χ1) is 34.4. The Hall–Kier alpha value is -5.93. The van der Waals surface area contributed by atoms with Crippen LogP contribution in [0.15, 0.2) is 164 Å². The zero-order chi connectivity index (χ0) is 49.4. The smallest absolute Gasteiger partial charge is 0.0406 e. The van der Waals surface area contributed by atoms with E-state index >= 15 is 0 Å². The molecule has 0 radical (unpaired) electrons. The Labute approximate surface area is 436 Å². The number of rotatable bonds is 5. The SMILES string of the molecule is CC1C=C(c2ccc(C3(C)CC=C4CC3C(C)(C)c3cc5c(cc34)-c3ccc(-c4ccccc4)cc3C5(C)C)s2)SC1c1ccc2c(c1)C(C)(C)c1cc3c(cc1-2)-c1ccc(-c2ccccc2)cc1C3(C)C. The van der Waals surface area contributed by atoms with Gasteiger partial charge in [-0.3, -0.25) is 0 Å². The standard InChI is InChI=1S/C70H64S2/c1-40-31-62(72-65(40)46-23-26-49-53-37-52-48-25-22-44(42-19-15-12-16-20-42)33-55(48)67(4,5)59(52)39-60(53)68(6,7)56(49)34-46)61-27-28-64(71-61)70(10)30-29-45-35-63(70)69(8,9)57-38-58-51(36-50(45)57)47-24-21-43(32-54(47)66(58,2)3)41-17-13-11-14-18-41/h11-29,31-34,36-40,63,65H,30,35H2,1-10H3. The van der Waals surface area contributed by atoms with Crippen LogP contribution in [-0.2, 0) is 27.1 Å². The van der Waals surface area contributed by atoms with Crippen molar-refractivity contribution < 1.29 is 0 Å². The highest BCUT2D eigenvalue weighted by Crippen LogP contribution is 2.63. The lowest BCUT2D eigenvalue weighted by Gasteiger charge is -2.53. The van der Waals surface area contributed by atoms with Crippen molar-refractivity contribution >= 4 is 33.6 Å². The molecule has 1 aliphatic heterocycles. The highest BCUT2D eigenvalue weighted by molar-refractivity contribution is 8.09. The molecule has 0 saturated carbocycles. The van der Waals surface area contributed by atoms with Crippen LogP contribution >= 0.6 is 23.1 Å². The lowest BCUT2D eigenvalue weighted by molar-refractivity contribution is 0.178. The molecule has 2 heteroatoms. The Morgan fingerprint density at radius 3 is 1.51 bits per heavy atom. The molecule has 7 aromatic carbocycles. The first-order valence-electron chi connectivity index (χ1n) is 26.6. The fraction of sp³-hybridized carbons (Fsp3) is 0.286. The minimum absolute atomic E-state index is 0.0104. The molecule has 356 valence electrons. The average Bonchev–Trinajstić information content (AvgIpc) is 4.18. The molecule has 0 amide bonds. The van der Waals surface area contributed by atoms with Crippen molar-refractivity contribution in [2.45, 2.75) is 114 Å². The fourth-order valence-electron chi connectivity index (χ4n) is 15.0. The van der Waals surface area contributed by atoms with Crippen molar-refractivity contribution in [2.24, 2.45) is 11.8 Å². The highest BCUT2D eigenvalue weighted by Gasteiger charge is 2.52. The van der Waals surface area contributed by atoms with Crippen LogP contribution in [0.3, 0.4) is 0 Å². The third-order valence-electron chi connectivity index (χ3n) is 19.3. The lowest BCUT2D eigenvalue weighted by Crippen LogP contribution is -2.47. The van der Waals surface area contributed by atoms with E-state index in [1.165, 1.54) is 115 Å². The van der Waals surface area contributed by atoms with Gasteiger partial charge in [-0.05, 0) is 178 Å². The van der Waals surface area contributed by atoms with Gasteiger partial charge in [-0.2, -0.15) is 0 Å². The molecule has 4 atom stereocenters. The van der Waals surface area contributed by atoms with E-state index in [4.69, 9.17) is 0 Å². The fourth-order valence-corrected chi connectivity index (χ4v) is 17.7. The van der Waals surface area contributed by atoms with Crippen LogP contribution in [0.5, 0.6) is 0 Å². The third-order valence-corrected chi connectivity index (χ3v) is 22.4. The van der Waals surface area contributed by atoms with Gasteiger partial charge in [0.25, 0.3) is 0 Å². The molecule has 0 nitrogen and oxygen atoms in total. The molecule has 8 aromatic rings. The first-order valence-corrected chi connectivity index (χ1v) is 28.3. The maximum Gasteiger partial charge on any atom is 0.0406 e. The van der Waals surface area contributed by atoms with Crippen LogP contribution in [0.1, 0.15) is 147 Å². The lowest BCUT2D eigenvalue weighted by atomic mass is 9.51. The molecule has 0 fully saturated rings. The van der Waals surface area contributed by atoms with Crippen LogP contribution < -0.4 is 0 Å². The minimum Gasteiger partial charge on any atom is -0.139 e. The zero-order valence-electron chi connectivity index (χ0n) is 43.6. The Morgan fingerprint density at radius 2 is 0.944 bits per heavy atom. The van der Waals surface area contributed by atoms with Gasteiger partial charge in [-0.1, -0.05) is 197 Å². The second-order valence-electron chi connectivity index (χ2n) is 24.7. The molecular weight excluding hydrogens is 905 g/mol. The summed E-state index contributed by atoms with van der Waals surface area (Å²) in [6, 6.07) is 58.9. The summed E-state index contributed by atoms with van der Waals surface area (Å²) in [7, 11) is 0. The van der Waals surface area contributed by atoms with Crippen LogP contribution in [0.4, 0.5) is 0 Å². The summed E-state index contributed by atoms with van der Waals surface area (Å²) in [5.41, 5.74) is 28.2. The number of benzene rings is 7. The van der Waals surface area contributed by atoms with Gasteiger partial charge in [0.05, 0.1) is 0 Å². The van der Waals surface area contributed by atoms with Crippen LogP contribution in [-0.4, -0.2) is 0 Å². The third kappa shape index (κ3) is 6.12. The molecule has 5 aliphatic carbocycles. The van der Waals surface area contributed by atoms with E-state index in [-0.39, 0.29) is 27.1 Å². The van der Waals surface area contributed by atoms with Crippen molar-refractivity contribution in [1.29, 1.82) is 0 Å². The zero-order valence-corrected chi connectivity index (χ0v) is 45.2. The van der Waals surface area contributed by atoms with Crippen molar-refractivity contribution in [2.75, 3.05) is 0 Å². The summed E-state index contributed by atoms with van der Waals surface area (Å²) in [5, 5.41) is 0.386. The number of thioether (sulfide) groups is 1. The highest BCUT2D eigenvalue weighted by atomic mass is 32.2. The molecule has 4 unspecified atom stereocenters. The Morgan fingerprint density at radius 1 is 0.444 bits per heavy atom. The number of allylic oxidation sites excluding steroid dienone is 3. The van der Waals surface area contributed by atoms with Gasteiger partial charge in [0.2, 0.25) is 0 Å². The predicted octanol–water partition coefficient (Wildman–Crippen LogP) is 19.5. The molecule has 6 aliphatic rings. The van der Waals surface area contributed by atoms with E-state index in [0.717, 1.165) is 12.8 Å². The Kier molecular flexibility index (Phi) is 9.37. The summed E-state index contributed by atoms with van der Waals surface area (Å²) < 4.78 is 0. The largest absolute Gasteiger partial charge is 0.139 e. The van der Waals surface area contributed by atoms with Crippen molar-refractivity contribution in [1.82, 2.24) is 0 Å². The molecule has 0 spiro atoms. The van der Waals surface area contributed by atoms with Crippen LogP contribution in [0.2, 0.25) is 0 Å².